The summed E-state index contributed by atoms with van der Waals surface area (Å²) >= 11 is 0. The quantitative estimate of drug-likeness (QED) is 0.235. The molecule has 0 saturated carbocycles. The molecule has 0 amide bonds. The maximum absolute atomic E-state index is 13.6. The van der Waals surface area contributed by atoms with Crippen molar-refractivity contribution in [2.24, 2.45) is 4.99 Å². The molecule has 0 fully saturated rings. The van der Waals surface area contributed by atoms with Gasteiger partial charge in [-0.25, -0.2) is 17.5 Å². The molecule has 26 heavy (non-hydrogen) atoms. The molecule has 1 heterocycles. The second-order valence-corrected chi connectivity index (χ2v) is 6.80. The second kappa shape index (κ2) is 11.0. The van der Waals surface area contributed by atoms with E-state index in [1.807, 2.05) is 0 Å². The van der Waals surface area contributed by atoms with E-state index in [9.17, 15) is 12.8 Å². The number of rotatable bonds is 7. The van der Waals surface area contributed by atoms with E-state index in [-0.39, 0.29) is 47.8 Å². The fourth-order valence-electron chi connectivity index (χ4n) is 2.00. The molecule has 0 spiro atoms. The van der Waals surface area contributed by atoms with Gasteiger partial charge in [0.1, 0.15) is 10.7 Å². The van der Waals surface area contributed by atoms with Crippen LogP contribution in [0, 0.1) is 5.82 Å². The van der Waals surface area contributed by atoms with Crippen molar-refractivity contribution in [1.82, 2.24) is 20.3 Å². The maximum atomic E-state index is 13.6. The largest absolute Gasteiger partial charge is 0.355 e. The van der Waals surface area contributed by atoms with E-state index in [1.54, 1.807) is 31.3 Å². The molecule has 2 rings (SSSR count). The minimum absolute atomic E-state index is 0. The lowest BCUT2D eigenvalue weighted by Gasteiger charge is -2.13. The molecule has 1 aromatic carbocycles. The van der Waals surface area contributed by atoms with Crippen LogP contribution in [-0.4, -0.2) is 39.5 Å². The van der Waals surface area contributed by atoms with Gasteiger partial charge in [-0.1, -0.05) is 18.2 Å². The third kappa shape index (κ3) is 6.84. The summed E-state index contributed by atoms with van der Waals surface area (Å²) in [7, 11) is -2.01. The summed E-state index contributed by atoms with van der Waals surface area (Å²) in [4.78, 5) is 7.90. The van der Waals surface area contributed by atoms with E-state index in [0.29, 0.717) is 18.1 Å². The first-order valence-electron chi connectivity index (χ1n) is 7.60. The highest BCUT2D eigenvalue weighted by Gasteiger charge is 2.12. The minimum atomic E-state index is -3.59. The van der Waals surface area contributed by atoms with Crippen LogP contribution in [0.4, 0.5) is 4.39 Å². The lowest BCUT2D eigenvalue weighted by atomic mass is 10.2. The highest BCUT2D eigenvalue weighted by molar-refractivity contribution is 14.0. The van der Waals surface area contributed by atoms with Crippen molar-refractivity contribution in [3.05, 3.63) is 60.2 Å². The van der Waals surface area contributed by atoms with Gasteiger partial charge in [0.2, 0.25) is 10.0 Å². The van der Waals surface area contributed by atoms with Crippen molar-refractivity contribution in [3.63, 3.8) is 0 Å². The average molecular weight is 493 g/mol. The van der Waals surface area contributed by atoms with E-state index in [0.717, 1.165) is 0 Å². The molecule has 3 N–H and O–H groups in total. The molecule has 1 aromatic heterocycles. The third-order valence-electron chi connectivity index (χ3n) is 3.28. The number of aliphatic imine (C=N–C) groups is 1. The highest BCUT2D eigenvalue weighted by atomic mass is 127. The van der Waals surface area contributed by atoms with Crippen LogP contribution in [0.25, 0.3) is 0 Å². The first-order chi connectivity index (χ1) is 12.0. The maximum Gasteiger partial charge on any atom is 0.242 e. The molecule has 142 valence electrons. The van der Waals surface area contributed by atoms with Gasteiger partial charge in [0.15, 0.2) is 5.96 Å². The molecule has 7 nitrogen and oxygen atoms in total. The van der Waals surface area contributed by atoms with Gasteiger partial charge in [-0.2, -0.15) is 0 Å². The third-order valence-corrected chi connectivity index (χ3v) is 4.73. The summed E-state index contributed by atoms with van der Waals surface area (Å²) < 4.78 is 40.1. The van der Waals surface area contributed by atoms with Gasteiger partial charge in [-0.15, -0.1) is 24.0 Å². The van der Waals surface area contributed by atoms with Crippen molar-refractivity contribution in [1.29, 1.82) is 0 Å². The number of guanidine groups is 1. The van der Waals surface area contributed by atoms with Crippen molar-refractivity contribution < 1.29 is 12.8 Å². The van der Waals surface area contributed by atoms with Crippen LogP contribution >= 0.6 is 24.0 Å². The smallest absolute Gasteiger partial charge is 0.242 e. The Hall–Kier alpha value is -1.79. The fraction of sp³-hybridized carbons (Fsp3) is 0.250. The molecule has 0 aliphatic heterocycles. The van der Waals surface area contributed by atoms with Gasteiger partial charge < -0.3 is 10.6 Å². The summed E-state index contributed by atoms with van der Waals surface area (Å²) in [6.07, 6.45) is 2.79. The van der Waals surface area contributed by atoms with Gasteiger partial charge in [-0.3, -0.25) is 9.98 Å². The number of sulfonamides is 1. The highest BCUT2D eigenvalue weighted by Crippen LogP contribution is 2.05. The Kier molecular flexibility index (Phi) is 9.44. The summed E-state index contributed by atoms with van der Waals surface area (Å²) in [6.45, 7) is 0.752. The zero-order valence-electron chi connectivity index (χ0n) is 14.1. The average Bonchev–Trinajstić information content (AvgIpc) is 2.63. The molecule has 0 radical (unpaired) electrons. The van der Waals surface area contributed by atoms with E-state index < -0.39 is 10.0 Å². The molecule has 0 bridgehead atoms. The molecule has 0 saturated heterocycles. The van der Waals surface area contributed by atoms with E-state index in [1.165, 1.54) is 24.5 Å². The second-order valence-electron chi connectivity index (χ2n) is 5.03. The Morgan fingerprint density at radius 1 is 1.15 bits per heavy atom. The van der Waals surface area contributed by atoms with Crippen molar-refractivity contribution in [2.45, 2.75) is 11.4 Å². The van der Waals surface area contributed by atoms with Crippen LogP contribution in [0.2, 0.25) is 0 Å². The minimum Gasteiger partial charge on any atom is -0.355 e. The molecule has 0 aliphatic carbocycles. The number of nitrogens with one attached hydrogen (secondary N) is 3. The van der Waals surface area contributed by atoms with Crippen LogP contribution in [0.15, 0.2) is 58.7 Å². The Morgan fingerprint density at radius 2 is 1.92 bits per heavy atom. The zero-order valence-corrected chi connectivity index (χ0v) is 17.3. The monoisotopic (exact) mass is 493 g/mol. The van der Waals surface area contributed by atoms with Crippen LogP contribution in [0.3, 0.4) is 0 Å². The van der Waals surface area contributed by atoms with Crippen LogP contribution in [0.1, 0.15) is 5.56 Å². The predicted molar refractivity (Wildman–Crippen MR) is 109 cm³/mol. The van der Waals surface area contributed by atoms with Crippen LogP contribution in [0.5, 0.6) is 0 Å². The summed E-state index contributed by atoms with van der Waals surface area (Å²) in [5.74, 6) is 0.151. The van der Waals surface area contributed by atoms with Crippen LogP contribution in [-0.2, 0) is 16.6 Å². The van der Waals surface area contributed by atoms with Crippen molar-refractivity contribution >= 4 is 40.0 Å². The summed E-state index contributed by atoms with van der Waals surface area (Å²) in [5.41, 5.74) is 0.516. The zero-order chi connectivity index (χ0) is 18.1. The summed E-state index contributed by atoms with van der Waals surface area (Å²) in [6, 6.07) is 9.47. The van der Waals surface area contributed by atoms with Gasteiger partial charge in [0, 0.05) is 44.6 Å². The lowest BCUT2D eigenvalue weighted by Crippen LogP contribution is -2.41. The van der Waals surface area contributed by atoms with Gasteiger partial charge in [0.25, 0.3) is 0 Å². The number of halogens is 2. The van der Waals surface area contributed by atoms with Crippen LogP contribution < -0.4 is 15.4 Å². The SMILES string of the molecule is CN=C(NCCNS(=O)(=O)c1cccnc1)NCc1ccccc1F.I. The lowest BCUT2D eigenvalue weighted by molar-refractivity contribution is 0.579. The Morgan fingerprint density at radius 3 is 2.58 bits per heavy atom. The number of hydrogen-bond acceptors (Lipinski definition) is 4. The molecule has 0 aliphatic rings. The van der Waals surface area contributed by atoms with Crippen molar-refractivity contribution in [2.75, 3.05) is 20.1 Å². The van der Waals surface area contributed by atoms with Gasteiger partial charge in [0.05, 0.1) is 0 Å². The van der Waals surface area contributed by atoms with E-state index >= 15 is 0 Å². The molecule has 0 atom stereocenters. The van der Waals surface area contributed by atoms with E-state index in [4.69, 9.17) is 0 Å². The standard InChI is InChI=1S/C16H20FN5O2S.HI/c1-18-16(21-11-13-5-2-3-7-15(13)17)20-9-10-22-25(23,24)14-6-4-8-19-12-14;/h2-8,12,22H,9-11H2,1H3,(H2,18,20,21);1H. The van der Waals surface area contributed by atoms with E-state index in [2.05, 4.69) is 25.3 Å². The summed E-state index contributed by atoms with van der Waals surface area (Å²) in [5, 5.41) is 5.92. The number of hydrogen-bond donors (Lipinski definition) is 3. The topological polar surface area (TPSA) is 95.5 Å². The Labute approximate surface area is 169 Å². The molecule has 0 unspecified atom stereocenters. The molecule has 10 heteroatoms. The molecule has 2 aromatic rings. The number of aromatic nitrogens is 1. The van der Waals surface area contributed by atoms with Gasteiger partial charge in [-0.05, 0) is 18.2 Å². The number of pyridine rings is 1. The predicted octanol–water partition coefficient (Wildman–Crippen LogP) is 1.48. The first-order valence-corrected chi connectivity index (χ1v) is 9.09. The number of benzene rings is 1. The number of nitrogens with zero attached hydrogens (tertiary/aromatic N) is 2. The molecular formula is C16H21FIN5O2S. The Bertz CT molecular complexity index is 818. The Balaban J connectivity index is 0.00000338. The van der Waals surface area contributed by atoms with Gasteiger partial charge >= 0.3 is 0 Å². The first kappa shape index (κ1) is 22.3. The normalized spacial score (nSPS) is 11.5. The molecular weight excluding hydrogens is 472 g/mol. The fourth-order valence-corrected chi connectivity index (χ4v) is 2.99. The van der Waals surface area contributed by atoms with Crippen molar-refractivity contribution in [3.8, 4) is 0 Å².